The molecule has 55 heavy (non-hydrogen) atoms. The highest BCUT2D eigenvalue weighted by molar-refractivity contribution is 8.15. The summed E-state index contributed by atoms with van der Waals surface area (Å²) in [5.74, 6) is 1.28. The van der Waals surface area contributed by atoms with Crippen LogP contribution in [0.2, 0.25) is 0 Å². The maximum atomic E-state index is 12.8. The third-order valence-electron chi connectivity index (χ3n) is 10.4. The Morgan fingerprint density at radius 1 is 0.818 bits per heavy atom. The molecule has 2 atom stereocenters. The Bertz CT molecular complexity index is 1460. The fraction of sp³-hybridized carbons (Fsp3) is 0.690. The Labute approximate surface area is 349 Å². The number of piperazine rings is 1. The first-order valence-corrected chi connectivity index (χ1v) is 22.4. The van der Waals surface area contributed by atoms with E-state index in [1.165, 1.54) is 62.6 Å². The van der Waals surface area contributed by atoms with Gasteiger partial charge in [0.1, 0.15) is 19.0 Å². The first-order valence-electron chi connectivity index (χ1n) is 20.6. The van der Waals surface area contributed by atoms with Crippen molar-refractivity contribution in [3.05, 3.63) is 35.5 Å². The van der Waals surface area contributed by atoms with E-state index >= 15 is 0 Å². The lowest BCUT2D eigenvalue weighted by atomic mass is 10.1. The Morgan fingerprint density at radius 2 is 1.40 bits per heavy atom. The molecule has 310 valence electrons. The molecule has 3 heterocycles. The van der Waals surface area contributed by atoms with Crippen LogP contribution >= 0.6 is 10.5 Å². The van der Waals surface area contributed by atoms with Crippen LogP contribution in [0.1, 0.15) is 117 Å². The summed E-state index contributed by atoms with van der Waals surface area (Å²) < 4.78 is 22.7. The van der Waals surface area contributed by atoms with Crippen LogP contribution < -0.4 is 29.3 Å². The first-order chi connectivity index (χ1) is 26.2. The highest BCUT2D eigenvalue weighted by Gasteiger charge is 2.34. The lowest BCUT2D eigenvalue weighted by Crippen LogP contribution is -3.00. The summed E-state index contributed by atoms with van der Waals surface area (Å²) in [6.07, 6.45) is 16.5. The Balaban J connectivity index is 0.00000812. The second-order valence-electron chi connectivity index (χ2n) is 15.3. The molecule has 13 heteroatoms. The Hall–Kier alpha value is -2.65. The topological polar surface area (TPSA) is 116 Å². The molecular formula is C42H67IN4O7S. The van der Waals surface area contributed by atoms with Gasteiger partial charge in [0.05, 0.1) is 44.6 Å². The summed E-state index contributed by atoms with van der Waals surface area (Å²) in [7, 11) is 2.23. The number of nitrogens with one attached hydrogen (secondary N) is 1. The van der Waals surface area contributed by atoms with Gasteiger partial charge in [0.2, 0.25) is 6.73 Å². The number of hydrogen-bond acceptors (Lipinski definition) is 10. The van der Waals surface area contributed by atoms with Gasteiger partial charge in [-0.2, -0.15) is 10.5 Å². The van der Waals surface area contributed by atoms with Crippen molar-refractivity contribution in [2.24, 2.45) is 4.99 Å². The van der Waals surface area contributed by atoms with Crippen molar-refractivity contribution in [2.75, 3.05) is 70.5 Å². The van der Waals surface area contributed by atoms with Gasteiger partial charge in [0, 0.05) is 29.9 Å². The van der Waals surface area contributed by atoms with Gasteiger partial charge >= 0.3 is 18.1 Å². The van der Waals surface area contributed by atoms with Crippen LogP contribution in [0, 0.1) is 0 Å². The number of nitrogens with zero attached hydrogens (tertiary/aromatic N) is 3. The van der Waals surface area contributed by atoms with E-state index < -0.39 is 12.3 Å². The number of aliphatic imine (C=N–C) groups is 1. The van der Waals surface area contributed by atoms with E-state index in [0.29, 0.717) is 10.9 Å². The molecule has 1 aromatic rings. The Kier molecular flexibility index (Phi) is 21.7. The minimum absolute atomic E-state index is 0. The van der Waals surface area contributed by atoms with Gasteiger partial charge in [-0.25, -0.2) is 9.79 Å². The molecule has 1 unspecified atom stereocenters. The van der Waals surface area contributed by atoms with Crippen molar-refractivity contribution >= 4 is 51.2 Å². The molecule has 1 aromatic carbocycles. The number of hydrogen-bond donors (Lipinski definition) is 1. The number of carbonyl (C=O) groups excluding carboxylic acids is 3. The van der Waals surface area contributed by atoms with Crippen molar-refractivity contribution in [3.63, 3.8) is 0 Å². The number of halogens is 1. The van der Waals surface area contributed by atoms with E-state index in [4.69, 9.17) is 23.9 Å². The van der Waals surface area contributed by atoms with Crippen LogP contribution in [0.3, 0.4) is 0 Å². The number of para-hydroxylation sites is 2. The van der Waals surface area contributed by atoms with Crippen molar-refractivity contribution in [2.45, 2.75) is 123 Å². The number of rotatable bonds is 23. The molecular weight excluding hydrogens is 831 g/mol. The molecule has 0 saturated carbocycles. The van der Waals surface area contributed by atoms with E-state index in [1.807, 2.05) is 18.2 Å². The van der Waals surface area contributed by atoms with Crippen LogP contribution in [0.4, 0.5) is 16.2 Å². The van der Waals surface area contributed by atoms with Gasteiger partial charge in [-0.15, -0.1) is 0 Å². The Morgan fingerprint density at radius 3 is 2.05 bits per heavy atom. The third-order valence-corrected chi connectivity index (χ3v) is 11.8. The zero-order valence-corrected chi connectivity index (χ0v) is 36.9. The van der Waals surface area contributed by atoms with Crippen molar-refractivity contribution in [1.29, 1.82) is 0 Å². The van der Waals surface area contributed by atoms with Crippen molar-refractivity contribution in [3.8, 4) is 0 Å². The minimum Gasteiger partial charge on any atom is -1.00 e. The van der Waals surface area contributed by atoms with Crippen LogP contribution in [0.15, 0.2) is 40.5 Å². The maximum absolute atomic E-state index is 12.8. The van der Waals surface area contributed by atoms with E-state index in [2.05, 4.69) is 48.8 Å². The fourth-order valence-corrected chi connectivity index (χ4v) is 8.35. The second-order valence-corrected chi connectivity index (χ2v) is 17.3. The van der Waals surface area contributed by atoms with E-state index in [0.717, 1.165) is 87.7 Å². The maximum Gasteiger partial charge on any atom is 0.512 e. The van der Waals surface area contributed by atoms with Crippen LogP contribution in [0.25, 0.3) is 0 Å². The number of likely N-dealkylation sites (N-methyl/N-ethyl adjacent to an activating group) is 1. The summed E-state index contributed by atoms with van der Waals surface area (Å²) in [4.78, 5) is 45.5. The average Bonchev–Trinajstić information content (AvgIpc) is 3.45. The minimum atomic E-state index is -0.893. The molecule has 1 saturated heterocycles. The highest BCUT2D eigenvalue weighted by Crippen LogP contribution is 2.35. The zero-order valence-electron chi connectivity index (χ0n) is 33.9. The van der Waals surface area contributed by atoms with Gasteiger partial charge in [-0.05, 0) is 36.6 Å². The molecule has 11 nitrogen and oxygen atoms in total. The van der Waals surface area contributed by atoms with E-state index in [9.17, 15) is 14.4 Å². The largest absolute Gasteiger partial charge is 1.00 e. The summed E-state index contributed by atoms with van der Waals surface area (Å²) >= 11 is 0. The number of benzene rings is 1. The number of carbonyl (C=O) groups is 3. The molecule has 0 spiro atoms. The first kappa shape index (κ1) is 46.7. The van der Waals surface area contributed by atoms with Crippen molar-refractivity contribution < 1.29 is 61.8 Å². The van der Waals surface area contributed by atoms with Gasteiger partial charge in [-0.3, -0.25) is 14.1 Å². The van der Waals surface area contributed by atoms with Crippen LogP contribution in [0.5, 0.6) is 0 Å². The molecule has 0 aliphatic carbocycles. The fourth-order valence-electron chi connectivity index (χ4n) is 6.94. The lowest BCUT2D eigenvalue weighted by Gasteiger charge is -2.42. The average molecular weight is 899 g/mol. The van der Waals surface area contributed by atoms with Crippen molar-refractivity contribution in [1.82, 2.24) is 4.90 Å². The second kappa shape index (κ2) is 25.6. The predicted molar refractivity (Wildman–Crippen MR) is 219 cm³/mol. The zero-order chi connectivity index (χ0) is 38.6. The summed E-state index contributed by atoms with van der Waals surface area (Å²) in [5.41, 5.74) is 4.38. The molecule has 1 fully saturated rings. The SMILES string of the molecule is CCCCCCCCCC(=O)OC[C@@H](COC(=O)OC[N+]1(C)CCN(C2=Nc3ccccc3NC3=C2C=S(C)C3)CC1)OC(=O)CCCCCCCCC.[I-]. The van der Waals surface area contributed by atoms with Gasteiger partial charge in [0.15, 0.2) is 6.10 Å². The summed E-state index contributed by atoms with van der Waals surface area (Å²) in [5, 5.41) is 5.98. The molecule has 4 rings (SSSR count). The number of anilines is 1. The number of esters is 2. The molecule has 0 aromatic heterocycles. The van der Waals surface area contributed by atoms with Crippen LogP contribution in [-0.4, -0.2) is 110 Å². The molecule has 0 bridgehead atoms. The lowest BCUT2D eigenvalue weighted by molar-refractivity contribution is -0.929. The van der Waals surface area contributed by atoms with Gasteiger partial charge in [0.25, 0.3) is 0 Å². The third kappa shape index (κ3) is 16.8. The normalized spacial score (nSPS) is 17.6. The molecule has 1 N–H and O–H groups in total. The van der Waals surface area contributed by atoms with Crippen LogP contribution in [-0.2, 0) is 28.5 Å². The number of ether oxygens (including phenoxy) is 4. The molecule has 0 radical (unpaired) electrons. The highest BCUT2D eigenvalue weighted by atomic mass is 127. The van der Waals surface area contributed by atoms with E-state index in [1.54, 1.807) is 0 Å². The summed E-state index contributed by atoms with van der Waals surface area (Å²) in [6, 6.07) is 8.17. The number of unbranched alkanes of at least 4 members (excludes halogenated alkanes) is 12. The number of quaternary nitrogens is 1. The number of amidine groups is 1. The number of fused-ring (bicyclic) bond motifs is 1. The standard InChI is InChI=1S/C42H67N4O7S.HI/c1-5-7-9-11-13-15-17-23-39(47)50-29-34(53-40(48)24-18-16-14-12-10-8-6-2)30-51-42(49)52-33-46(3)27-25-45(26-28-46)41-35-31-54(4)32-38(35)43-36-21-19-20-22-37(36)44-41;/h19-22,31,34,43H,5-18,23-30,32-33H2,1-4H3;1H/q+1;/p-1/t34-,54?;/m0./s1. The molecule has 3 aliphatic heterocycles. The van der Waals surface area contributed by atoms with E-state index in [-0.39, 0.29) is 72.8 Å². The van der Waals surface area contributed by atoms with Gasteiger partial charge < -0.3 is 53.1 Å². The monoisotopic (exact) mass is 898 g/mol. The quantitative estimate of drug-likeness (QED) is 0.0368. The molecule has 0 amide bonds. The smallest absolute Gasteiger partial charge is 0.512 e. The van der Waals surface area contributed by atoms with Gasteiger partial charge in [-0.1, -0.05) is 103 Å². The predicted octanol–water partition coefficient (Wildman–Crippen LogP) is 5.72. The summed E-state index contributed by atoms with van der Waals surface area (Å²) in [6.45, 7) is 7.18. The molecule has 3 aliphatic rings.